The van der Waals surface area contributed by atoms with Crippen molar-refractivity contribution in [1.29, 1.82) is 0 Å². The molecule has 1 N–H and O–H groups in total. The fourth-order valence-corrected chi connectivity index (χ4v) is 2.06. The van der Waals surface area contributed by atoms with Crippen LogP contribution < -0.4 is 4.74 Å². The fraction of sp³-hybridized carbons (Fsp3) is 0.0667. The Labute approximate surface area is 111 Å². The molecule has 0 amide bonds. The first kappa shape index (κ1) is 11.5. The van der Waals surface area contributed by atoms with Crippen molar-refractivity contribution in [3.63, 3.8) is 0 Å². The van der Waals surface area contributed by atoms with E-state index in [1.165, 1.54) is 0 Å². The highest BCUT2D eigenvalue weighted by atomic mass is 16.5. The van der Waals surface area contributed by atoms with Crippen molar-refractivity contribution < 1.29 is 4.74 Å². The maximum Gasteiger partial charge on any atom is 0.222 e. The first-order chi connectivity index (χ1) is 9.40. The molecule has 19 heavy (non-hydrogen) atoms. The average molecular weight is 251 g/mol. The third-order valence-electron chi connectivity index (χ3n) is 2.92. The lowest BCUT2D eigenvalue weighted by Gasteiger charge is -2.07. The number of pyridine rings is 1. The molecule has 0 aliphatic heterocycles. The van der Waals surface area contributed by atoms with Crippen molar-refractivity contribution in [2.75, 3.05) is 7.11 Å². The highest BCUT2D eigenvalue weighted by Crippen LogP contribution is 2.33. The molecule has 0 saturated carbocycles. The number of hydrogen-bond donors (Lipinski definition) is 1. The number of H-pyrrole nitrogens is 1. The fourth-order valence-electron chi connectivity index (χ4n) is 2.06. The maximum atomic E-state index is 5.30. The van der Waals surface area contributed by atoms with E-state index in [1.54, 1.807) is 19.6 Å². The number of aromatic amines is 1. The Bertz CT molecular complexity index is 677. The summed E-state index contributed by atoms with van der Waals surface area (Å²) in [4.78, 5) is 11.8. The van der Waals surface area contributed by atoms with Crippen molar-refractivity contribution in [3.8, 4) is 28.4 Å². The number of benzene rings is 1. The third-order valence-corrected chi connectivity index (χ3v) is 2.92. The minimum atomic E-state index is 0.587. The zero-order valence-electron chi connectivity index (χ0n) is 10.5. The lowest BCUT2D eigenvalue weighted by molar-refractivity contribution is 0.399. The van der Waals surface area contributed by atoms with Gasteiger partial charge in [0.1, 0.15) is 0 Å². The average Bonchev–Trinajstić information content (AvgIpc) is 2.97. The van der Waals surface area contributed by atoms with Gasteiger partial charge >= 0.3 is 0 Å². The Hall–Kier alpha value is -2.62. The second kappa shape index (κ2) is 4.94. The monoisotopic (exact) mass is 251 g/mol. The first-order valence-electron chi connectivity index (χ1n) is 5.98. The van der Waals surface area contributed by atoms with Crippen LogP contribution in [0, 0.1) is 0 Å². The van der Waals surface area contributed by atoms with E-state index in [2.05, 4.69) is 15.0 Å². The topological polar surface area (TPSA) is 50.8 Å². The van der Waals surface area contributed by atoms with Gasteiger partial charge in [-0.2, -0.15) is 0 Å². The number of imidazole rings is 1. The van der Waals surface area contributed by atoms with Crippen LogP contribution in [0.4, 0.5) is 0 Å². The molecule has 0 saturated heterocycles. The molecule has 2 aromatic heterocycles. The highest BCUT2D eigenvalue weighted by Gasteiger charge is 2.14. The van der Waals surface area contributed by atoms with E-state index in [1.807, 2.05) is 42.5 Å². The summed E-state index contributed by atoms with van der Waals surface area (Å²) in [6.07, 6.45) is 3.39. The van der Waals surface area contributed by atoms with E-state index in [9.17, 15) is 0 Å². The summed E-state index contributed by atoms with van der Waals surface area (Å²) in [5, 5.41) is 0. The van der Waals surface area contributed by atoms with Gasteiger partial charge in [-0.15, -0.1) is 0 Å². The van der Waals surface area contributed by atoms with Gasteiger partial charge < -0.3 is 9.72 Å². The van der Waals surface area contributed by atoms with Gasteiger partial charge in [0.15, 0.2) is 0 Å². The highest BCUT2D eigenvalue weighted by molar-refractivity contribution is 5.80. The Kier molecular flexibility index (Phi) is 2.98. The molecule has 0 aliphatic rings. The molecular formula is C15H13N3O. The number of methoxy groups -OCH3 is 1. The molecule has 1 aromatic carbocycles. The van der Waals surface area contributed by atoms with Crippen LogP contribution in [-0.4, -0.2) is 22.1 Å². The predicted octanol–water partition coefficient (Wildman–Crippen LogP) is 3.15. The lowest BCUT2D eigenvalue weighted by atomic mass is 10.1. The molecule has 3 aromatic rings. The maximum absolute atomic E-state index is 5.30. The van der Waals surface area contributed by atoms with Crippen LogP contribution in [-0.2, 0) is 0 Å². The van der Waals surface area contributed by atoms with Crippen LogP contribution in [0.25, 0.3) is 22.5 Å². The third kappa shape index (κ3) is 2.08. The first-order valence-corrected chi connectivity index (χ1v) is 5.98. The second-order valence-corrected chi connectivity index (χ2v) is 4.05. The molecule has 0 aliphatic carbocycles. The number of hydrogen-bond acceptors (Lipinski definition) is 3. The Morgan fingerprint density at radius 3 is 2.63 bits per heavy atom. The van der Waals surface area contributed by atoms with Gasteiger partial charge in [0.25, 0.3) is 0 Å². The van der Waals surface area contributed by atoms with Crippen molar-refractivity contribution >= 4 is 0 Å². The number of nitrogens with zero attached hydrogens (tertiary/aromatic N) is 2. The second-order valence-electron chi connectivity index (χ2n) is 4.05. The van der Waals surface area contributed by atoms with Crippen molar-refractivity contribution in [2.24, 2.45) is 0 Å². The lowest BCUT2D eigenvalue weighted by Crippen LogP contribution is -1.92. The number of nitrogens with one attached hydrogen (secondary N) is 1. The molecule has 94 valence electrons. The van der Waals surface area contributed by atoms with Crippen LogP contribution in [0.1, 0.15) is 0 Å². The van der Waals surface area contributed by atoms with Crippen LogP contribution in [0.3, 0.4) is 0 Å². The van der Waals surface area contributed by atoms with E-state index in [4.69, 9.17) is 4.74 Å². The van der Waals surface area contributed by atoms with Crippen molar-refractivity contribution in [3.05, 3.63) is 55.0 Å². The van der Waals surface area contributed by atoms with E-state index in [0.29, 0.717) is 5.88 Å². The standard InChI is InChI=1S/C15H13N3O/c1-19-15-12(8-5-9-16-15)14-13(17-10-18-14)11-6-3-2-4-7-11/h2-10H,1H3,(H,17,18). The molecule has 0 fully saturated rings. The summed E-state index contributed by atoms with van der Waals surface area (Å²) in [5.41, 5.74) is 3.77. The molecule has 4 heteroatoms. The number of ether oxygens (including phenoxy) is 1. The number of rotatable bonds is 3. The minimum Gasteiger partial charge on any atom is -0.481 e. The molecular weight excluding hydrogens is 238 g/mol. The summed E-state index contributed by atoms with van der Waals surface area (Å²) in [7, 11) is 1.62. The van der Waals surface area contributed by atoms with E-state index in [-0.39, 0.29) is 0 Å². The van der Waals surface area contributed by atoms with Gasteiger partial charge in [0.2, 0.25) is 5.88 Å². The summed E-state index contributed by atoms with van der Waals surface area (Å²) < 4.78 is 5.30. The quantitative estimate of drug-likeness (QED) is 0.778. The molecule has 0 atom stereocenters. The van der Waals surface area contributed by atoms with Crippen molar-refractivity contribution in [2.45, 2.75) is 0 Å². The molecule has 0 radical (unpaired) electrons. The summed E-state index contributed by atoms with van der Waals surface area (Å²) >= 11 is 0. The summed E-state index contributed by atoms with van der Waals surface area (Å²) in [6, 6.07) is 13.9. The van der Waals surface area contributed by atoms with Crippen LogP contribution in [0.5, 0.6) is 5.88 Å². The molecule has 0 bridgehead atoms. The Morgan fingerprint density at radius 2 is 1.84 bits per heavy atom. The van der Waals surface area contributed by atoms with Gasteiger partial charge in [-0.25, -0.2) is 9.97 Å². The van der Waals surface area contributed by atoms with Crippen LogP contribution in [0.15, 0.2) is 55.0 Å². The molecule has 0 unspecified atom stereocenters. The summed E-state index contributed by atoms with van der Waals surface area (Å²) in [5.74, 6) is 0.587. The van der Waals surface area contributed by atoms with E-state index < -0.39 is 0 Å². The van der Waals surface area contributed by atoms with Crippen molar-refractivity contribution in [1.82, 2.24) is 15.0 Å². The van der Waals surface area contributed by atoms with Gasteiger partial charge in [-0.3, -0.25) is 0 Å². The zero-order valence-corrected chi connectivity index (χ0v) is 10.5. The molecule has 0 spiro atoms. The SMILES string of the molecule is COc1ncccc1-c1[nH]cnc1-c1ccccc1. The van der Waals surface area contributed by atoms with E-state index in [0.717, 1.165) is 22.5 Å². The van der Waals surface area contributed by atoms with Crippen LogP contribution >= 0.6 is 0 Å². The Balaban J connectivity index is 2.15. The van der Waals surface area contributed by atoms with Gasteiger partial charge in [-0.1, -0.05) is 30.3 Å². The molecule has 3 rings (SSSR count). The normalized spacial score (nSPS) is 10.4. The zero-order chi connectivity index (χ0) is 13.1. The molecule has 4 nitrogen and oxygen atoms in total. The van der Waals surface area contributed by atoms with E-state index >= 15 is 0 Å². The van der Waals surface area contributed by atoms with Crippen LogP contribution in [0.2, 0.25) is 0 Å². The van der Waals surface area contributed by atoms with Gasteiger partial charge in [0, 0.05) is 11.8 Å². The van der Waals surface area contributed by atoms with Gasteiger partial charge in [0.05, 0.1) is 30.4 Å². The minimum absolute atomic E-state index is 0.587. The summed E-state index contributed by atoms with van der Waals surface area (Å²) in [6.45, 7) is 0. The smallest absolute Gasteiger partial charge is 0.222 e. The Morgan fingerprint density at radius 1 is 1.00 bits per heavy atom. The number of aromatic nitrogens is 3. The predicted molar refractivity (Wildman–Crippen MR) is 73.8 cm³/mol. The molecule has 2 heterocycles. The van der Waals surface area contributed by atoms with Gasteiger partial charge in [-0.05, 0) is 12.1 Å². The largest absolute Gasteiger partial charge is 0.481 e.